The molecule has 1 saturated heterocycles. The molecule has 13 heavy (non-hydrogen) atoms. The molecule has 0 aromatic heterocycles. The highest BCUT2D eigenvalue weighted by Gasteiger charge is 2.50. The molecule has 2 aliphatic rings. The molecule has 0 radical (unpaired) electrons. The number of carbonyl (C=O) groups excluding carboxylic acids is 1. The summed E-state index contributed by atoms with van der Waals surface area (Å²) in [6, 6.07) is 0. The molecule has 0 atom stereocenters. The van der Waals surface area contributed by atoms with Crippen LogP contribution >= 0.6 is 0 Å². The van der Waals surface area contributed by atoms with Gasteiger partial charge in [0.2, 0.25) is 5.91 Å². The van der Waals surface area contributed by atoms with Crippen LogP contribution in [0.5, 0.6) is 0 Å². The quantitative estimate of drug-likeness (QED) is 0.614. The van der Waals surface area contributed by atoms with E-state index in [9.17, 15) is 13.6 Å². The van der Waals surface area contributed by atoms with Crippen LogP contribution < -0.4 is 0 Å². The van der Waals surface area contributed by atoms with Gasteiger partial charge in [-0.05, 0) is 12.8 Å². The van der Waals surface area contributed by atoms with Gasteiger partial charge in [0.15, 0.2) is 0 Å². The van der Waals surface area contributed by atoms with Crippen molar-refractivity contribution in [3.05, 3.63) is 0 Å². The third kappa shape index (κ3) is 1.54. The predicted molar refractivity (Wildman–Crippen MR) is 43.5 cm³/mol. The zero-order valence-corrected chi connectivity index (χ0v) is 7.65. The lowest BCUT2D eigenvalue weighted by atomic mass is 10.1. The SMILES string of the molecule is CC1(C(=O)N2CCC(F)(F)C2)CC1. The van der Waals surface area contributed by atoms with Gasteiger partial charge in [-0.15, -0.1) is 0 Å². The van der Waals surface area contributed by atoms with Crippen molar-refractivity contribution in [3.63, 3.8) is 0 Å². The zero-order valence-electron chi connectivity index (χ0n) is 7.65. The van der Waals surface area contributed by atoms with Crippen molar-refractivity contribution < 1.29 is 13.6 Å². The fourth-order valence-electron chi connectivity index (χ4n) is 1.69. The van der Waals surface area contributed by atoms with Gasteiger partial charge < -0.3 is 4.90 Å². The normalized spacial score (nSPS) is 29.0. The van der Waals surface area contributed by atoms with Crippen molar-refractivity contribution in [3.8, 4) is 0 Å². The monoisotopic (exact) mass is 189 g/mol. The van der Waals surface area contributed by atoms with Gasteiger partial charge in [0.05, 0.1) is 6.54 Å². The predicted octanol–water partition coefficient (Wildman–Crippen LogP) is 1.65. The summed E-state index contributed by atoms with van der Waals surface area (Å²) in [7, 11) is 0. The molecule has 0 aromatic carbocycles. The Morgan fingerprint density at radius 2 is 1.92 bits per heavy atom. The van der Waals surface area contributed by atoms with Gasteiger partial charge in [-0.3, -0.25) is 4.79 Å². The first-order valence-electron chi connectivity index (χ1n) is 4.60. The first-order valence-corrected chi connectivity index (χ1v) is 4.60. The Hall–Kier alpha value is -0.670. The van der Waals surface area contributed by atoms with Crippen molar-refractivity contribution in [2.75, 3.05) is 13.1 Å². The summed E-state index contributed by atoms with van der Waals surface area (Å²) in [6.45, 7) is 1.70. The minimum absolute atomic E-state index is 0.0790. The Morgan fingerprint density at radius 3 is 2.31 bits per heavy atom. The van der Waals surface area contributed by atoms with E-state index in [0.29, 0.717) is 0 Å². The van der Waals surface area contributed by atoms with E-state index in [1.807, 2.05) is 6.92 Å². The van der Waals surface area contributed by atoms with Crippen LogP contribution in [0.2, 0.25) is 0 Å². The molecule has 2 nitrogen and oxygen atoms in total. The standard InChI is InChI=1S/C9H13F2NO/c1-8(2-3-8)7(13)12-5-4-9(10,11)6-12/h2-6H2,1H3. The average molecular weight is 189 g/mol. The molecule has 4 heteroatoms. The molecule has 1 amide bonds. The van der Waals surface area contributed by atoms with E-state index < -0.39 is 5.92 Å². The maximum Gasteiger partial charge on any atom is 0.267 e. The van der Waals surface area contributed by atoms with E-state index in [0.717, 1.165) is 12.8 Å². The number of likely N-dealkylation sites (tertiary alicyclic amines) is 1. The maximum absolute atomic E-state index is 12.8. The molecule has 0 N–H and O–H groups in total. The Bertz CT molecular complexity index is 248. The number of carbonyl (C=O) groups is 1. The van der Waals surface area contributed by atoms with E-state index in [4.69, 9.17) is 0 Å². The molecular weight excluding hydrogens is 176 g/mol. The van der Waals surface area contributed by atoms with Gasteiger partial charge in [-0.1, -0.05) is 6.92 Å². The Labute approximate surface area is 75.9 Å². The molecule has 1 aliphatic carbocycles. The summed E-state index contributed by atoms with van der Waals surface area (Å²) >= 11 is 0. The smallest absolute Gasteiger partial charge is 0.267 e. The fraction of sp³-hybridized carbons (Fsp3) is 0.889. The van der Waals surface area contributed by atoms with E-state index in [1.165, 1.54) is 4.90 Å². The van der Waals surface area contributed by atoms with Crippen LogP contribution in [-0.2, 0) is 4.79 Å². The second-order valence-electron chi connectivity index (χ2n) is 4.39. The van der Waals surface area contributed by atoms with Gasteiger partial charge in [-0.2, -0.15) is 0 Å². The second kappa shape index (κ2) is 2.42. The van der Waals surface area contributed by atoms with Crippen molar-refractivity contribution in [2.24, 2.45) is 5.41 Å². The third-order valence-electron chi connectivity index (χ3n) is 2.97. The molecule has 2 rings (SSSR count). The summed E-state index contributed by atoms with van der Waals surface area (Å²) in [4.78, 5) is 12.9. The summed E-state index contributed by atoms with van der Waals surface area (Å²) in [6.07, 6.45) is 1.54. The van der Waals surface area contributed by atoms with Crippen molar-refractivity contribution >= 4 is 5.91 Å². The molecule has 0 unspecified atom stereocenters. The molecule has 1 saturated carbocycles. The fourth-order valence-corrected chi connectivity index (χ4v) is 1.69. The van der Waals surface area contributed by atoms with Crippen LogP contribution in [0.1, 0.15) is 26.2 Å². The van der Waals surface area contributed by atoms with E-state index >= 15 is 0 Å². The molecule has 74 valence electrons. The highest BCUT2D eigenvalue weighted by atomic mass is 19.3. The summed E-state index contributed by atoms with van der Waals surface area (Å²) < 4.78 is 25.5. The van der Waals surface area contributed by atoms with Crippen LogP contribution in [0, 0.1) is 5.41 Å². The van der Waals surface area contributed by atoms with Crippen LogP contribution in [0.3, 0.4) is 0 Å². The molecule has 1 heterocycles. The molecule has 0 bridgehead atoms. The van der Waals surface area contributed by atoms with Crippen molar-refractivity contribution in [2.45, 2.75) is 32.1 Å². The number of halogens is 2. The number of hydrogen-bond donors (Lipinski definition) is 0. The van der Waals surface area contributed by atoms with E-state index in [-0.39, 0.29) is 30.8 Å². The van der Waals surface area contributed by atoms with Crippen LogP contribution in [0.25, 0.3) is 0 Å². The summed E-state index contributed by atoms with van der Waals surface area (Å²) in [5.41, 5.74) is -0.305. The topological polar surface area (TPSA) is 20.3 Å². The van der Waals surface area contributed by atoms with Crippen molar-refractivity contribution in [1.82, 2.24) is 4.90 Å². The van der Waals surface area contributed by atoms with Gasteiger partial charge in [0.1, 0.15) is 0 Å². The number of rotatable bonds is 1. The molecular formula is C9H13F2NO. The highest BCUT2D eigenvalue weighted by Crippen LogP contribution is 2.47. The minimum atomic E-state index is -2.65. The lowest BCUT2D eigenvalue weighted by molar-refractivity contribution is -0.136. The number of nitrogens with zero attached hydrogens (tertiary/aromatic N) is 1. The Balaban J connectivity index is 2.00. The number of hydrogen-bond acceptors (Lipinski definition) is 1. The summed E-state index contributed by atoms with van der Waals surface area (Å²) in [5.74, 6) is -2.73. The lowest BCUT2D eigenvalue weighted by Crippen LogP contribution is -2.36. The van der Waals surface area contributed by atoms with Crippen molar-refractivity contribution in [1.29, 1.82) is 0 Å². The average Bonchev–Trinajstić information content (AvgIpc) is 2.67. The molecule has 1 aliphatic heterocycles. The maximum atomic E-state index is 12.8. The van der Waals surface area contributed by atoms with Crippen LogP contribution in [0.4, 0.5) is 8.78 Å². The first kappa shape index (κ1) is 8.91. The van der Waals surface area contributed by atoms with Gasteiger partial charge in [-0.25, -0.2) is 8.78 Å². The Kier molecular flexibility index (Phi) is 1.66. The molecule has 0 spiro atoms. The van der Waals surface area contributed by atoms with E-state index in [1.54, 1.807) is 0 Å². The number of alkyl halides is 2. The third-order valence-corrected chi connectivity index (χ3v) is 2.97. The minimum Gasteiger partial charge on any atom is -0.336 e. The van der Waals surface area contributed by atoms with Gasteiger partial charge in [0.25, 0.3) is 5.92 Å². The zero-order chi connectivity index (χ0) is 9.69. The molecule has 2 fully saturated rings. The summed E-state index contributed by atoms with van der Waals surface area (Å²) in [5, 5.41) is 0. The van der Waals surface area contributed by atoms with Gasteiger partial charge in [0, 0.05) is 18.4 Å². The van der Waals surface area contributed by atoms with E-state index in [2.05, 4.69) is 0 Å². The lowest BCUT2D eigenvalue weighted by Gasteiger charge is -2.19. The van der Waals surface area contributed by atoms with Crippen LogP contribution in [-0.4, -0.2) is 29.8 Å². The molecule has 0 aromatic rings. The van der Waals surface area contributed by atoms with Crippen LogP contribution in [0.15, 0.2) is 0 Å². The Morgan fingerprint density at radius 1 is 1.31 bits per heavy atom. The highest BCUT2D eigenvalue weighted by molar-refractivity contribution is 5.85. The number of amides is 1. The first-order chi connectivity index (χ1) is 5.93. The van der Waals surface area contributed by atoms with Gasteiger partial charge >= 0.3 is 0 Å². The second-order valence-corrected chi connectivity index (χ2v) is 4.39. The largest absolute Gasteiger partial charge is 0.336 e.